The summed E-state index contributed by atoms with van der Waals surface area (Å²) in [4.78, 5) is 11.5. The van der Waals surface area contributed by atoms with E-state index >= 15 is 0 Å². The van der Waals surface area contributed by atoms with Crippen LogP contribution in [0.25, 0.3) is 0 Å². The van der Waals surface area contributed by atoms with Gasteiger partial charge >= 0.3 is 0 Å². The van der Waals surface area contributed by atoms with Crippen LogP contribution >= 0.6 is 15.9 Å². The van der Waals surface area contributed by atoms with E-state index in [4.69, 9.17) is 10.5 Å². The number of primary amides is 1. The monoisotopic (exact) mass is 312 g/mol. The second-order valence-corrected chi connectivity index (χ2v) is 5.35. The van der Waals surface area contributed by atoms with Gasteiger partial charge in [0.1, 0.15) is 6.04 Å². The van der Waals surface area contributed by atoms with Crippen molar-refractivity contribution in [3.63, 3.8) is 0 Å². The van der Waals surface area contributed by atoms with Crippen LogP contribution in [-0.4, -0.2) is 25.2 Å². The maximum atomic E-state index is 11.5. The Kier molecular flexibility index (Phi) is 4.74. The Hall–Kier alpha value is -0.910. The molecule has 0 radical (unpaired) electrons. The fraction of sp³-hybridized carbons (Fsp3) is 0.462. The molecule has 2 unspecified atom stereocenters. The summed E-state index contributed by atoms with van der Waals surface area (Å²) in [6, 6.07) is 7.14. The van der Waals surface area contributed by atoms with Crippen molar-refractivity contribution < 1.29 is 9.53 Å². The van der Waals surface area contributed by atoms with Gasteiger partial charge in [-0.3, -0.25) is 10.1 Å². The van der Waals surface area contributed by atoms with E-state index in [-0.39, 0.29) is 12.0 Å². The van der Waals surface area contributed by atoms with Crippen molar-refractivity contribution in [3.8, 4) is 0 Å². The molecule has 0 spiro atoms. The zero-order valence-electron chi connectivity index (χ0n) is 10.1. The maximum absolute atomic E-state index is 11.5. The van der Waals surface area contributed by atoms with Crippen LogP contribution in [0.3, 0.4) is 0 Å². The summed E-state index contributed by atoms with van der Waals surface area (Å²) < 4.78 is 6.45. The summed E-state index contributed by atoms with van der Waals surface area (Å²) in [5, 5.41) is 3.18. The lowest BCUT2D eigenvalue weighted by molar-refractivity contribution is -0.120. The van der Waals surface area contributed by atoms with E-state index in [1.54, 1.807) is 0 Å². The van der Waals surface area contributed by atoms with E-state index in [0.717, 1.165) is 29.5 Å². The first-order valence-corrected chi connectivity index (χ1v) is 6.86. The molecule has 0 bridgehead atoms. The summed E-state index contributed by atoms with van der Waals surface area (Å²) in [5.74, 6) is -0.369. The van der Waals surface area contributed by atoms with Crippen LogP contribution in [0.2, 0.25) is 0 Å². The number of amides is 1. The molecule has 1 heterocycles. The molecule has 0 saturated carbocycles. The van der Waals surface area contributed by atoms with Crippen molar-refractivity contribution >= 4 is 21.8 Å². The van der Waals surface area contributed by atoms with Gasteiger partial charge < -0.3 is 10.5 Å². The number of hydrogen-bond donors (Lipinski definition) is 2. The molecule has 1 aliphatic rings. The molecular weight excluding hydrogens is 296 g/mol. The number of carbonyl (C=O) groups excluding carboxylic acids is 1. The molecule has 1 saturated heterocycles. The molecule has 18 heavy (non-hydrogen) atoms. The van der Waals surface area contributed by atoms with Crippen LogP contribution < -0.4 is 11.1 Å². The number of nitrogens with two attached hydrogens (primary N) is 1. The second kappa shape index (κ2) is 6.31. The summed E-state index contributed by atoms with van der Waals surface area (Å²) in [7, 11) is 0. The Morgan fingerprint density at radius 2 is 2.44 bits per heavy atom. The third-order valence-electron chi connectivity index (χ3n) is 3.04. The van der Waals surface area contributed by atoms with Gasteiger partial charge in [0, 0.05) is 17.6 Å². The molecule has 1 aliphatic heterocycles. The standard InChI is InChI=1S/C13H17BrN2O2/c14-10-4-1-3-9(7-10)12(13(15)17)16-8-11-5-2-6-18-11/h1,3-4,7,11-12,16H,2,5-6,8H2,(H2,15,17). The summed E-state index contributed by atoms with van der Waals surface area (Å²) >= 11 is 3.39. The first-order valence-electron chi connectivity index (χ1n) is 6.06. The highest BCUT2D eigenvalue weighted by Gasteiger charge is 2.21. The van der Waals surface area contributed by atoms with Crippen molar-refractivity contribution in [1.29, 1.82) is 0 Å². The van der Waals surface area contributed by atoms with Gasteiger partial charge in [-0.05, 0) is 30.5 Å². The Morgan fingerprint density at radius 1 is 1.61 bits per heavy atom. The summed E-state index contributed by atoms with van der Waals surface area (Å²) in [6.07, 6.45) is 2.32. The molecule has 2 rings (SSSR count). The third kappa shape index (κ3) is 3.54. The molecule has 3 N–H and O–H groups in total. The number of carbonyl (C=O) groups is 1. The first kappa shape index (κ1) is 13.5. The molecule has 5 heteroatoms. The molecule has 1 aromatic rings. The highest BCUT2D eigenvalue weighted by Crippen LogP contribution is 2.19. The van der Waals surface area contributed by atoms with Gasteiger partial charge in [-0.15, -0.1) is 0 Å². The quantitative estimate of drug-likeness (QED) is 0.870. The molecule has 1 fully saturated rings. The Balaban J connectivity index is 2.01. The zero-order valence-corrected chi connectivity index (χ0v) is 11.7. The normalized spacial score (nSPS) is 20.8. The molecule has 98 valence electrons. The number of benzene rings is 1. The van der Waals surface area contributed by atoms with Crippen molar-refractivity contribution in [2.75, 3.05) is 13.2 Å². The predicted molar refractivity (Wildman–Crippen MR) is 73.1 cm³/mol. The zero-order chi connectivity index (χ0) is 13.0. The van der Waals surface area contributed by atoms with Crippen molar-refractivity contribution in [2.24, 2.45) is 5.73 Å². The first-order chi connectivity index (χ1) is 8.66. The highest BCUT2D eigenvalue weighted by molar-refractivity contribution is 9.10. The molecule has 0 aromatic heterocycles. The minimum absolute atomic E-state index is 0.194. The number of halogens is 1. The van der Waals surface area contributed by atoms with Crippen molar-refractivity contribution in [1.82, 2.24) is 5.32 Å². The Labute approximate surface area is 115 Å². The van der Waals surface area contributed by atoms with Gasteiger partial charge in [0.25, 0.3) is 0 Å². The number of rotatable bonds is 5. The lowest BCUT2D eigenvalue weighted by Crippen LogP contribution is -2.37. The molecule has 0 aliphatic carbocycles. The summed E-state index contributed by atoms with van der Waals surface area (Å²) in [5.41, 5.74) is 6.32. The summed E-state index contributed by atoms with van der Waals surface area (Å²) in [6.45, 7) is 1.46. The van der Waals surface area contributed by atoms with E-state index in [1.165, 1.54) is 0 Å². The van der Waals surface area contributed by atoms with Crippen LogP contribution in [0, 0.1) is 0 Å². The fourth-order valence-corrected chi connectivity index (χ4v) is 2.54. The minimum Gasteiger partial charge on any atom is -0.377 e. The van der Waals surface area contributed by atoms with Crippen LogP contribution in [0.15, 0.2) is 28.7 Å². The predicted octanol–water partition coefficient (Wildman–Crippen LogP) is 1.74. The van der Waals surface area contributed by atoms with Gasteiger partial charge in [-0.2, -0.15) is 0 Å². The van der Waals surface area contributed by atoms with Crippen molar-refractivity contribution in [3.05, 3.63) is 34.3 Å². The molecule has 4 nitrogen and oxygen atoms in total. The van der Waals surface area contributed by atoms with E-state index in [9.17, 15) is 4.79 Å². The second-order valence-electron chi connectivity index (χ2n) is 4.43. The van der Waals surface area contributed by atoms with E-state index in [2.05, 4.69) is 21.2 Å². The van der Waals surface area contributed by atoms with Gasteiger partial charge in [-0.1, -0.05) is 28.1 Å². The van der Waals surface area contributed by atoms with Crippen LogP contribution in [-0.2, 0) is 9.53 Å². The van der Waals surface area contributed by atoms with Gasteiger partial charge in [-0.25, -0.2) is 0 Å². The lowest BCUT2D eigenvalue weighted by Gasteiger charge is -2.18. The van der Waals surface area contributed by atoms with E-state index in [0.29, 0.717) is 6.54 Å². The molecule has 1 amide bonds. The smallest absolute Gasteiger partial charge is 0.239 e. The van der Waals surface area contributed by atoms with Crippen LogP contribution in [0.4, 0.5) is 0 Å². The lowest BCUT2D eigenvalue weighted by atomic mass is 10.1. The Bertz CT molecular complexity index is 419. The molecular formula is C13H17BrN2O2. The largest absolute Gasteiger partial charge is 0.377 e. The van der Waals surface area contributed by atoms with E-state index in [1.807, 2.05) is 24.3 Å². The molecule has 2 atom stereocenters. The highest BCUT2D eigenvalue weighted by atomic mass is 79.9. The number of hydrogen-bond acceptors (Lipinski definition) is 3. The van der Waals surface area contributed by atoms with Crippen LogP contribution in [0.5, 0.6) is 0 Å². The van der Waals surface area contributed by atoms with Gasteiger partial charge in [0.2, 0.25) is 5.91 Å². The third-order valence-corrected chi connectivity index (χ3v) is 3.53. The Morgan fingerprint density at radius 3 is 3.06 bits per heavy atom. The molecule has 1 aromatic carbocycles. The van der Waals surface area contributed by atoms with Gasteiger partial charge in [0.05, 0.1) is 6.10 Å². The number of nitrogens with one attached hydrogen (secondary N) is 1. The fourth-order valence-electron chi connectivity index (χ4n) is 2.12. The maximum Gasteiger partial charge on any atom is 0.239 e. The van der Waals surface area contributed by atoms with E-state index < -0.39 is 6.04 Å². The average molecular weight is 313 g/mol. The minimum atomic E-state index is -0.466. The van der Waals surface area contributed by atoms with Crippen LogP contribution in [0.1, 0.15) is 24.4 Å². The average Bonchev–Trinajstić information content (AvgIpc) is 2.82. The topological polar surface area (TPSA) is 64.4 Å². The SMILES string of the molecule is NC(=O)C(NCC1CCCO1)c1cccc(Br)c1. The number of ether oxygens (including phenoxy) is 1. The van der Waals surface area contributed by atoms with Gasteiger partial charge in [0.15, 0.2) is 0 Å². The van der Waals surface area contributed by atoms with Crippen molar-refractivity contribution in [2.45, 2.75) is 25.0 Å².